The molecule has 1 fully saturated rings. The van der Waals surface area contributed by atoms with Crippen molar-refractivity contribution in [1.29, 1.82) is 0 Å². The summed E-state index contributed by atoms with van der Waals surface area (Å²) in [6.45, 7) is 4.01. The number of ether oxygens (including phenoxy) is 2. The SMILES string of the molecule is CN=C(NCc1cccc(OCCOC)c1)NC1CCN(c2cccs2)CC1.I. The van der Waals surface area contributed by atoms with Gasteiger partial charge in [-0.2, -0.15) is 0 Å². The summed E-state index contributed by atoms with van der Waals surface area (Å²) in [5.74, 6) is 1.71. The van der Waals surface area contributed by atoms with Crippen LogP contribution in [0, 0.1) is 0 Å². The van der Waals surface area contributed by atoms with Gasteiger partial charge in [0.1, 0.15) is 12.4 Å². The van der Waals surface area contributed by atoms with Crippen molar-refractivity contribution in [2.24, 2.45) is 4.99 Å². The number of anilines is 1. The number of hydrogen-bond acceptors (Lipinski definition) is 5. The Balaban J connectivity index is 0.00000300. The summed E-state index contributed by atoms with van der Waals surface area (Å²) in [6, 6.07) is 12.9. The van der Waals surface area contributed by atoms with Crippen molar-refractivity contribution in [3.8, 4) is 5.75 Å². The van der Waals surface area contributed by atoms with Crippen molar-refractivity contribution in [3.63, 3.8) is 0 Å². The van der Waals surface area contributed by atoms with E-state index >= 15 is 0 Å². The van der Waals surface area contributed by atoms with Crippen LogP contribution < -0.4 is 20.3 Å². The summed E-state index contributed by atoms with van der Waals surface area (Å²) in [5, 5.41) is 10.5. The largest absolute Gasteiger partial charge is 0.491 e. The second-order valence-corrected chi connectivity index (χ2v) is 7.70. The minimum absolute atomic E-state index is 0. The Kier molecular flexibility index (Phi) is 10.6. The highest BCUT2D eigenvalue weighted by atomic mass is 127. The molecule has 0 radical (unpaired) electrons. The third kappa shape index (κ3) is 7.67. The van der Waals surface area contributed by atoms with E-state index in [0.717, 1.165) is 43.2 Å². The highest BCUT2D eigenvalue weighted by Gasteiger charge is 2.20. The van der Waals surface area contributed by atoms with Gasteiger partial charge in [-0.25, -0.2) is 0 Å². The number of hydrogen-bond donors (Lipinski definition) is 2. The highest BCUT2D eigenvalue weighted by molar-refractivity contribution is 14.0. The highest BCUT2D eigenvalue weighted by Crippen LogP contribution is 2.24. The summed E-state index contributed by atoms with van der Waals surface area (Å²) < 4.78 is 10.7. The van der Waals surface area contributed by atoms with Crippen molar-refractivity contribution in [2.75, 3.05) is 45.4 Å². The van der Waals surface area contributed by atoms with Gasteiger partial charge in [0.25, 0.3) is 0 Å². The fourth-order valence-electron chi connectivity index (χ4n) is 3.26. The van der Waals surface area contributed by atoms with Crippen LogP contribution in [0.3, 0.4) is 0 Å². The van der Waals surface area contributed by atoms with Gasteiger partial charge in [0.15, 0.2) is 5.96 Å². The van der Waals surface area contributed by atoms with Gasteiger partial charge in [0, 0.05) is 39.8 Å². The van der Waals surface area contributed by atoms with Crippen molar-refractivity contribution < 1.29 is 9.47 Å². The Morgan fingerprint density at radius 2 is 2.03 bits per heavy atom. The third-order valence-corrected chi connectivity index (χ3v) is 5.72. The van der Waals surface area contributed by atoms with Crippen molar-refractivity contribution in [2.45, 2.75) is 25.4 Å². The normalized spacial score (nSPS) is 15.0. The predicted octanol–water partition coefficient (Wildman–Crippen LogP) is 3.73. The van der Waals surface area contributed by atoms with Crippen LogP contribution >= 0.6 is 35.3 Å². The van der Waals surface area contributed by atoms with Crippen molar-refractivity contribution in [1.82, 2.24) is 10.6 Å². The van der Waals surface area contributed by atoms with Gasteiger partial charge in [-0.15, -0.1) is 35.3 Å². The molecule has 1 aromatic heterocycles. The van der Waals surface area contributed by atoms with Gasteiger partial charge in [-0.05, 0) is 48.1 Å². The lowest BCUT2D eigenvalue weighted by molar-refractivity contribution is 0.146. The number of nitrogens with one attached hydrogen (secondary N) is 2. The summed E-state index contributed by atoms with van der Waals surface area (Å²) in [6.07, 6.45) is 2.23. The van der Waals surface area contributed by atoms with Crippen LogP contribution in [0.2, 0.25) is 0 Å². The predicted molar refractivity (Wildman–Crippen MR) is 132 cm³/mol. The van der Waals surface area contributed by atoms with E-state index in [9.17, 15) is 0 Å². The molecule has 6 nitrogen and oxygen atoms in total. The first kappa shape index (κ1) is 23.8. The molecule has 2 heterocycles. The molecular weight excluding hydrogens is 499 g/mol. The molecule has 2 aromatic rings. The van der Waals surface area contributed by atoms with Crippen LogP contribution in [0.5, 0.6) is 5.75 Å². The quantitative estimate of drug-likeness (QED) is 0.236. The summed E-state index contributed by atoms with van der Waals surface area (Å²) in [5.41, 5.74) is 1.16. The zero-order valence-corrected chi connectivity index (χ0v) is 20.2. The second-order valence-electron chi connectivity index (χ2n) is 6.77. The van der Waals surface area contributed by atoms with Gasteiger partial charge in [-0.3, -0.25) is 4.99 Å². The van der Waals surface area contributed by atoms with E-state index in [-0.39, 0.29) is 24.0 Å². The molecule has 0 spiro atoms. The average molecular weight is 530 g/mol. The van der Waals surface area contributed by atoms with E-state index in [0.29, 0.717) is 25.8 Å². The van der Waals surface area contributed by atoms with Gasteiger partial charge in [0.05, 0.1) is 11.6 Å². The number of halogens is 1. The molecule has 8 heteroatoms. The Morgan fingerprint density at radius 3 is 2.72 bits per heavy atom. The lowest BCUT2D eigenvalue weighted by Gasteiger charge is -2.33. The number of piperidine rings is 1. The van der Waals surface area contributed by atoms with E-state index in [1.807, 2.05) is 30.5 Å². The molecule has 1 aliphatic rings. The third-order valence-electron chi connectivity index (χ3n) is 4.79. The van der Waals surface area contributed by atoms with Crippen molar-refractivity contribution in [3.05, 3.63) is 47.3 Å². The van der Waals surface area contributed by atoms with Crippen LogP contribution in [0.1, 0.15) is 18.4 Å². The molecule has 0 amide bonds. The lowest BCUT2D eigenvalue weighted by Crippen LogP contribution is -2.48. The molecule has 0 atom stereocenters. The minimum Gasteiger partial charge on any atom is -0.491 e. The molecule has 1 aromatic carbocycles. The molecule has 2 N–H and O–H groups in total. The van der Waals surface area contributed by atoms with Gasteiger partial charge in [0.2, 0.25) is 0 Å². The number of thiophene rings is 1. The summed E-state index contributed by atoms with van der Waals surface area (Å²) in [4.78, 5) is 6.85. The molecule has 0 bridgehead atoms. The minimum atomic E-state index is 0. The van der Waals surface area contributed by atoms with E-state index in [1.54, 1.807) is 7.11 Å². The van der Waals surface area contributed by atoms with E-state index < -0.39 is 0 Å². The average Bonchev–Trinajstić information content (AvgIpc) is 3.27. The molecule has 160 valence electrons. The molecule has 1 saturated heterocycles. The Morgan fingerprint density at radius 1 is 1.21 bits per heavy atom. The molecule has 3 rings (SSSR count). The maximum Gasteiger partial charge on any atom is 0.191 e. The first-order valence-electron chi connectivity index (χ1n) is 9.75. The van der Waals surface area contributed by atoms with Crippen LogP contribution in [-0.2, 0) is 11.3 Å². The Hall–Kier alpha value is -1.52. The number of benzene rings is 1. The maximum atomic E-state index is 5.68. The van der Waals surface area contributed by atoms with Gasteiger partial charge in [-0.1, -0.05) is 12.1 Å². The van der Waals surface area contributed by atoms with E-state index in [1.165, 1.54) is 5.00 Å². The van der Waals surface area contributed by atoms with Crippen LogP contribution in [0.4, 0.5) is 5.00 Å². The first-order chi connectivity index (χ1) is 13.8. The number of aliphatic imine (C=N–C) groups is 1. The topological polar surface area (TPSA) is 58.1 Å². The zero-order valence-electron chi connectivity index (χ0n) is 17.1. The molecule has 29 heavy (non-hydrogen) atoms. The monoisotopic (exact) mass is 530 g/mol. The van der Waals surface area contributed by atoms with Gasteiger partial charge < -0.3 is 25.0 Å². The van der Waals surface area contributed by atoms with E-state index in [4.69, 9.17) is 9.47 Å². The Labute approximate surface area is 194 Å². The molecular formula is C21H31IN4O2S. The van der Waals surface area contributed by atoms with Crippen LogP contribution in [0.15, 0.2) is 46.8 Å². The van der Waals surface area contributed by atoms with Crippen LogP contribution in [-0.4, -0.2) is 52.5 Å². The maximum absolute atomic E-state index is 5.68. The number of rotatable bonds is 8. The number of nitrogens with zero attached hydrogens (tertiary/aromatic N) is 2. The fraction of sp³-hybridized carbons (Fsp3) is 0.476. The standard InChI is InChI=1S/C21H30N4O2S.HI/c1-22-21(23-16-17-5-3-6-19(15-17)27-13-12-26-2)24-18-8-10-25(11-9-18)20-7-4-14-28-20;/h3-7,14-15,18H,8-13,16H2,1-2H3,(H2,22,23,24);1H. The molecule has 0 unspecified atom stereocenters. The van der Waals surface area contributed by atoms with Crippen molar-refractivity contribution >= 4 is 46.3 Å². The molecule has 0 aliphatic carbocycles. The fourth-order valence-corrected chi connectivity index (χ4v) is 4.04. The number of guanidine groups is 1. The first-order valence-corrected chi connectivity index (χ1v) is 10.6. The molecule has 0 saturated carbocycles. The summed E-state index contributed by atoms with van der Waals surface area (Å²) >= 11 is 1.81. The molecule has 1 aliphatic heterocycles. The van der Waals surface area contributed by atoms with E-state index in [2.05, 4.69) is 50.2 Å². The smallest absolute Gasteiger partial charge is 0.191 e. The zero-order chi connectivity index (χ0) is 19.6. The van der Waals surface area contributed by atoms with Crippen LogP contribution in [0.25, 0.3) is 0 Å². The Bertz CT molecular complexity index is 734. The summed E-state index contributed by atoms with van der Waals surface area (Å²) in [7, 11) is 3.49. The van der Waals surface area contributed by atoms with Gasteiger partial charge >= 0.3 is 0 Å². The second kappa shape index (κ2) is 12.9. The lowest BCUT2D eigenvalue weighted by atomic mass is 10.1. The number of methoxy groups -OCH3 is 1.